The molecule has 0 N–H and O–H groups in total. The summed E-state index contributed by atoms with van der Waals surface area (Å²) in [5, 5.41) is 0. The van der Waals surface area contributed by atoms with E-state index in [9.17, 15) is 14.0 Å². The maximum atomic E-state index is 13.8. The van der Waals surface area contributed by atoms with Crippen molar-refractivity contribution < 1.29 is 14.0 Å². The Bertz CT molecular complexity index is 836. The third kappa shape index (κ3) is 4.07. The lowest BCUT2D eigenvalue weighted by atomic mass is 9.88. The van der Waals surface area contributed by atoms with Crippen LogP contribution in [0.4, 0.5) is 4.39 Å². The summed E-state index contributed by atoms with van der Waals surface area (Å²) in [4.78, 5) is 26.6. The Labute approximate surface area is 153 Å². The second-order valence-electron chi connectivity index (χ2n) is 6.63. The minimum Gasteiger partial charge on any atom is -0.339 e. The zero-order valence-electron chi connectivity index (χ0n) is 14.8. The molecule has 0 aromatic heterocycles. The number of piperidine rings is 1. The Balaban J connectivity index is 1.58. The number of hydrogen-bond acceptors (Lipinski definition) is 2. The van der Waals surface area contributed by atoms with Crippen LogP contribution in [-0.4, -0.2) is 29.7 Å². The van der Waals surface area contributed by atoms with Gasteiger partial charge in [0.1, 0.15) is 5.82 Å². The number of ketones is 1. The highest BCUT2D eigenvalue weighted by atomic mass is 19.1. The molecule has 1 saturated heterocycles. The molecule has 1 amide bonds. The van der Waals surface area contributed by atoms with Gasteiger partial charge in [-0.2, -0.15) is 0 Å². The first-order chi connectivity index (χ1) is 12.6. The molecule has 1 aliphatic heterocycles. The van der Waals surface area contributed by atoms with Gasteiger partial charge in [0.2, 0.25) is 5.91 Å². The predicted molar refractivity (Wildman–Crippen MR) is 100 cm³/mol. The summed E-state index contributed by atoms with van der Waals surface area (Å²) < 4.78 is 13.8. The van der Waals surface area contributed by atoms with Crippen molar-refractivity contribution in [1.29, 1.82) is 0 Å². The lowest BCUT2D eigenvalue weighted by molar-refractivity contribution is -0.127. The lowest BCUT2D eigenvalue weighted by Crippen LogP contribution is -2.39. The van der Waals surface area contributed by atoms with E-state index in [-0.39, 0.29) is 23.2 Å². The van der Waals surface area contributed by atoms with Crippen molar-refractivity contribution in [3.8, 4) is 0 Å². The van der Waals surface area contributed by atoms with E-state index in [1.54, 1.807) is 23.1 Å². The van der Waals surface area contributed by atoms with Crippen molar-refractivity contribution in [2.45, 2.75) is 19.8 Å². The smallest absolute Gasteiger partial charge is 0.246 e. The molecule has 0 bridgehead atoms. The van der Waals surface area contributed by atoms with Crippen LogP contribution in [0.3, 0.4) is 0 Å². The summed E-state index contributed by atoms with van der Waals surface area (Å²) in [6.07, 6.45) is 4.55. The molecule has 0 saturated carbocycles. The molecule has 2 aromatic carbocycles. The summed E-state index contributed by atoms with van der Waals surface area (Å²) in [5.74, 6) is -0.913. The fourth-order valence-electron chi connectivity index (χ4n) is 3.28. The Morgan fingerprint density at radius 2 is 1.69 bits per heavy atom. The summed E-state index contributed by atoms with van der Waals surface area (Å²) >= 11 is 0. The maximum Gasteiger partial charge on any atom is 0.246 e. The quantitative estimate of drug-likeness (QED) is 0.609. The number of aryl methyl sites for hydroxylation is 1. The van der Waals surface area contributed by atoms with Crippen LogP contribution in [0.2, 0.25) is 0 Å². The van der Waals surface area contributed by atoms with E-state index in [1.165, 1.54) is 12.1 Å². The van der Waals surface area contributed by atoms with Gasteiger partial charge >= 0.3 is 0 Å². The predicted octanol–water partition coefficient (Wildman–Crippen LogP) is 4.27. The first-order valence-corrected chi connectivity index (χ1v) is 8.87. The number of carbonyl (C=O) groups is 2. The number of Topliss-reactive ketones (excluding diaryl/α,β-unsaturated/α-hetero) is 1. The normalized spacial score (nSPS) is 15.4. The highest BCUT2D eigenvalue weighted by Gasteiger charge is 2.28. The Morgan fingerprint density at radius 1 is 1.04 bits per heavy atom. The summed E-state index contributed by atoms with van der Waals surface area (Å²) in [5.41, 5.74) is 2.29. The average Bonchev–Trinajstić information content (AvgIpc) is 2.67. The molecule has 0 spiro atoms. The second-order valence-corrected chi connectivity index (χ2v) is 6.63. The molecular weight excluding hydrogens is 329 g/mol. The van der Waals surface area contributed by atoms with E-state index >= 15 is 0 Å². The molecule has 134 valence electrons. The van der Waals surface area contributed by atoms with Gasteiger partial charge in [-0.3, -0.25) is 9.59 Å². The molecule has 0 radical (unpaired) electrons. The number of likely N-dealkylation sites (tertiary alicyclic amines) is 1. The zero-order chi connectivity index (χ0) is 18.5. The van der Waals surface area contributed by atoms with Crippen LogP contribution in [0.5, 0.6) is 0 Å². The van der Waals surface area contributed by atoms with Gasteiger partial charge in [-0.15, -0.1) is 0 Å². The van der Waals surface area contributed by atoms with Gasteiger partial charge in [0, 0.05) is 25.1 Å². The van der Waals surface area contributed by atoms with E-state index in [0.29, 0.717) is 25.9 Å². The molecule has 3 rings (SSSR count). The molecule has 26 heavy (non-hydrogen) atoms. The van der Waals surface area contributed by atoms with E-state index < -0.39 is 5.82 Å². The minimum absolute atomic E-state index is 0.0509. The highest BCUT2D eigenvalue weighted by molar-refractivity contribution is 5.98. The first kappa shape index (κ1) is 18.1. The van der Waals surface area contributed by atoms with Gasteiger partial charge in [-0.1, -0.05) is 36.4 Å². The molecule has 0 unspecified atom stereocenters. The maximum absolute atomic E-state index is 13.8. The van der Waals surface area contributed by atoms with Gasteiger partial charge in [0.25, 0.3) is 0 Å². The standard InChI is InChI=1S/C22H22FNO2/c1-16-6-2-3-7-17(16)10-11-21(25)24-14-12-18(13-15-24)22(26)19-8-4-5-9-20(19)23/h2-11,18H,12-15H2,1H3. The van der Waals surface area contributed by atoms with Crippen molar-refractivity contribution in [2.24, 2.45) is 5.92 Å². The first-order valence-electron chi connectivity index (χ1n) is 8.87. The summed E-state index contributed by atoms with van der Waals surface area (Å²) in [7, 11) is 0. The zero-order valence-corrected chi connectivity index (χ0v) is 14.8. The van der Waals surface area contributed by atoms with Gasteiger partial charge < -0.3 is 4.90 Å². The average molecular weight is 351 g/mol. The van der Waals surface area contributed by atoms with E-state index in [0.717, 1.165) is 11.1 Å². The van der Waals surface area contributed by atoms with Crippen LogP contribution in [0, 0.1) is 18.7 Å². The summed E-state index contributed by atoms with van der Waals surface area (Å²) in [6, 6.07) is 14.0. The molecule has 1 fully saturated rings. The Kier molecular flexibility index (Phi) is 5.61. The summed E-state index contributed by atoms with van der Waals surface area (Å²) in [6.45, 7) is 3.04. The van der Waals surface area contributed by atoms with Gasteiger partial charge in [-0.05, 0) is 49.1 Å². The van der Waals surface area contributed by atoms with Crippen LogP contribution >= 0.6 is 0 Å². The number of nitrogens with zero attached hydrogens (tertiary/aromatic N) is 1. The topological polar surface area (TPSA) is 37.4 Å². The fourth-order valence-corrected chi connectivity index (χ4v) is 3.28. The molecule has 0 aliphatic carbocycles. The van der Waals surface area contributed by atoms with Crippen LogP contribution < -0.4 is 0 Å². The fraction of sp³-hybridized carbons (Fsp3) is 0.273. The number of hydrogen-bond donors (Lipinski definition) is 0. The largest absolute Gasteiger partial charge is 0.339 e. The molecule has 1 heterocycles. The van der Waals surface area contributed by atoms with Crippen LogP contribution in [0.25, 0.3) is 6.08 Å². The highest BCUT2D eigenvalue weighted by Crippen LogP contribution is 2.23. The van der Waals surface area contributed by atoms with Crippen molar-refractivity contribution in [2.75, 3.05) is 13.1 Å². The van der Waals surface area contributed by atoms with E-state index in [2.05, 4.69) is 0 Å². The lowest BCUT2D eigenvalue weighted by Gasteiger charge is -2.30. The van der Waals surface area contributed by atoms with Crippen molar-refractivity contribution in [3.05, 3.63) is 77.1 Å². The van der Waals surface area contributed by atoms with E-state index in [4.69, 9.17) is 0 Å². The Morgan fingerprint density at radius 3 is 2.38 bits per heavy atom. The van der Waals surface area contributed by atoms with Crippen LogP contribution in [-0.2, 0) is 4.79 Å². The van der Waals surface area contributed by atoms with Crippen LogP contribution in [0.1, 0.15) is 34.3 Å². The van der Waals surface area contributed by atoms with E-state index in [1.807, 2.05) is 37.3 Å². The SMILES string of the molecule is Cc1ccccc1C=CC(=O)N1CCC(C(=O)c2ccccc2F)CC1. The molecule has 4 heteroatoms. The monoisotopic (exact) mass is 351 g/mol. The molecule has 0 atom stereocenters. The van der Waals surface area contributed by atoms with Crippen LogP contribution in [0.15, 0.2) is 54.6 Å². The third-order valence-electron chi connectivity index (χ3n) is 4.91. The van der Waals surface area contributed by atoms with Crippen molar-refractivity contribution in [1.82, 2.24) is 4.90 Å². The number of halogens is 1. The van der Waals surface area contributed by atoms with Gasteiger partial charge in [0.15, 0.2) is 5.78 Å². The molecule has 2 aromatic rings. The van der Waals surface area contributed by atoms with Gasteiger partial charge in [0.05, 0.1) is 5.56 Å². The number of rotatable bonds is 4. The minimum atomic E-state index is -0.475. The second kappa shape index (κ2) is 8.09. The van der Waals surface area contributed by atoms with Crippen molar-refractivity contribution in [3.63, 3.8) is 0 Å². The molecule has 1 aliphatic rings. The number of benzene rings is 2. The molecular formula is C22H22FNO2. The van der Waals surface area contributed by atoms with Crippen molar-refractivity contribution >= 4 is 17.8 Å². The third-order valence-corrected chi connectivity index (χ3v) is 4.91. The Hall–Kier alpha value is -2.75. The molecule has 3 nitrogen and oxygen atoms in total. The number of carbonyl (C=O) groups excluding carboxylic acids is 2. The number of amides is 1. The van der Waals surface area contributed by atoms with Gasteiger partial charge in [-0.25, -0.2) is 4.39 Å².